The van der Waals surface area contributed by atoms with E-state index in [-0.39, 0.29) is 5.00 Å². The standard InChI is InChI=1S/C21H18F3N3O2S/c22-21(23,24)20(28)26-19-17(14-5-2-1-3-6-14)25-18(30-19)15-7-4-8-16(13-15)27-9-11-29-12-10-27/h1-8,13H,9-12H2,(H,26,28). The Kier molecular flexibility index (Phi) is 5.74. The summed E-state index contributed by atoms with van der Waals surface area (Å²) in [5, 5.41) is 2.58. The number of carbonyl (C=O) groups excluding carboxylic acids is 1. The van der Waals surface area contributed by atoms with Gasteiger partial charge in [-0.15, -0.1) is 0 Å². The Hall–Kier alpha value is -2.91. The smallest absolute Gasteiger partial charge is 0.378 e. The van der Waals surface area contributed by atoms with Crippen molar-refractivity contribution in [1.29, 1.82) is 0 Å². The minimum absolute atomic E-state index is 0.0651. The summed E-state index contributed by atoms with van der Waals surface area (Å²) >= 11 is 1.02. The molecule has 4 rings (SSSR count). The summed E-state index contributed by atoms with van der Waals surface area (Å²) in [6.45, 7) is 2.83. The number of carbonyl (C=O) groups is 1. The lowest BCUT2D eigenvalue weighted by molar-refractivity contribution is -0.167. The fraction of sp³-hybridized carbons (Fsp3) is 0.238. The molecule has 156 valence electrons. The zero-order valence-electron chi connectivity index (χ0n) is 15.8. The number of benzene rings is 2. The lowest BCUT2D eigenvalue weighted by atomic mass is 10.1. The Morgan fingerprint density at radius 3 is 2.43 bits per heavy atom. The maximum atomic E-state index is 12.8. The topological polar surface area (TPSA) is 54.5 Å². The molecule has 0 radical (unpaired) electrons. The zero-order chi connectivity index (χ0) is 21.1. The summed E-state index contributed by atoms with van der Waals surface area (Å²) < 4.78 is 43.8. The Morgan fingerprint density at radius 1 is 1.03 bits per heavy atom. The molecule has 0 aliphatic carbocycles. The van der Waals surface area contributed by atoms with Crippen LogP contribution >= 0.6 is 11.3 Å². The van der Waals surface area contributed by atoms with Gasteiger partial charge in [-0.05, 0) is 12.1 Å². The van der Waals surface area contributed by atoms with Crippen LogP contribution < -0.4 is 10.2 Å². The van der Waals surface area contributed by atoms with E-state index in [4.69, 9.17) is 4.74 Å². The number of aromatic nitrogens is 1. The molecule has 2 aromatic carbocycles. The number of nitrogens with one attached hydrogen (secondary N) is 1. The first-order valence-electron chi connectivity index (χ1n) is 9.29. The lowest BCUT2D eigenvalue weighted by Gasteiger charge is -2.29. The lowest BCUT2D eigenvalue weighted by Crippen LogP contribution is -2.36. The second kappa shape index (κ2) is 8.45. The number of amides is 1. The average molecular weight is 433 g/mol. The molecule has 1 saturated heterocycles. The molecular weight excluding hydrogens is 415 g/mol. The van der Waals surface area contributed by atoms with Crippen molar-refractivity contribution in [2.24, 2.45) is 0 Å². The van der Waals surface area contributed by atoms with E-state index in [9.17, 15) is 18.0 Å². The van der Waals surface area contributed by atoms with Gasteiger partial charge in [0.25, 0.3) is 0 Å². The molecule has 1 amide bonds. The summed E-state index contributed by atoms with van der Waals surface area (Å²) in [7, 11) is 0. The number of nitrogens with zero attached hydrogens (tertiary/aromatic N) is 2. The maximum Gasteiger partial charge on any atom is 0.471 e. The number of halogens is 3. The average Bonchev–Trinajstić information content (AvgIpc) is 3.18. The van der Waals surface area contributed by atoms with Crippen LogP contribution in [0.3, 0.4) is 0 Å². The maximum absolute atomic E-state index is 12.8. The Labute approximate surface area is 175 Å². The first-order valence-corrected chi connectivity index (χ1v) is 10.1. The van der Waals surface area contributed by atoms with Crippen molar-refractivity contribution < 1.29 is 22.7 Å². The molecule has 0 saturated carbocycles. The molecule has 1 aromatic heterocycles. The fourth-order valence-corrected chi connectivity index (χ4v) is 4.13. The van der Waals surface area contributed by atoms with Crippen LogP contribution in [0.4, 0.5) is 23.9 Å². The minimum Gasteiger partial charge on any atom is -0.378 e. The number of alkyl halides is 3. The van der Waals surface area contributed by atoms with Crippen LogP contribution in [-0.4, -0.2) is 43.4 Å². The molecule has 1 fully saturated rings. The fourth-order valence-electron chi connectivity index (χ4n) is 3.15. The molecule has 30 heavy (non-hydrogen) atoms. The normalized spacial score (nSPS) is 14.6. The van der Waals surface area contributed by atoms with Crippen LogP contribution in [0.5, 0.6) is 0 Å². The summed E-state index contributed by atoms with van der Waals surface area (Å²) in [5.41, 5.74) is 2.70. The Balaban J connectivity index is 1.71. The van der Waals surface area contributed by atoms with Gasteiger partial charge < -0.3 is 15.0 Å². The number of hydrogen-bond acceptors (Lipinski definition) is 5. The van der Waals surface area contributed by atoms with Crippen molar-refractivity contribution >= 4 is 27.9 Å². The number of thiazole rings is 1. The predicted octanol–water partition coefficient (Wildman–Crippen LogP) is 4.81. The van der Waals surface area contributed by atoms with Crippen molar-refractivity contribution in [2.75, 3.05) is 36.5 Å². The molecule has 9 heteroatoms. The van der Waals surface area contributed by atoms with Gasteiger partial charge >= 0.3 is 12.1 Å². The van der Waals surface area contributed by atoms with E-state index in [1.54, 1.807) is 30.3 Å². The third-order valence-electron chi connectivity index (χ3n) is 4.63. The molecule has 1 aliphatic rings. The van der Waals surface area contributed by atoms with E-state index in [1.807, 2.05) is 29.6 Å². The van der Waals surface area contributed by atoms with Gasteiger partial charge in [-0.2, -0.15) is 13.2 Å². The molecule has 1 N–H and O–H groups in total. The number of morpholine rings is 1. The zero-order valence-corrected chi connectivity index (χ0v) is 16.6. The first-order chi connectivity index (χ1) is 14.4. The first kappa shape index (κ1) is 20.4. The Morgan fingerprint density at radius 2 is 1.73 bits per heavy atom. The van der Waals surface area contributed by atoms with E-state index in [0.717, 1.165) is 35.7 Å². The van der Waals surface area contributed by atoms with Crippen LogP contribution in [-0.2, 0) is 9.53 Å². The quantitative estimate of drug-likeness (QED) is 0.641. The molecule has 0 atom stereocenters. The molecule has 3 aromatic rings. The van der Waals surface area contributed by atoms with Gasteiger partial charge in [-0.25, -0.2) is 4.98 Å². The van der Waals surface area contributed by atoms with Crippen LogP contribution in [0.1, 0.15) is 0 Å². The third kappa shape index (κ3) is 4.47. The minimum atomic E-state index is -4.98. The predicted molar refractivity (Wildman–Crippen MR) is 111 cm³/mol. The highest BCUT2D eigenvalue weighted by Gasteiger charge is 2.39. The molecular formula is C21H18F3N3O2S. The van der Waals surface area contributed by atoms with Gasteiger partial charge in [-0.3, -0.25) is 4.79 Å². The van der Waals surface area contributed by atoms with Crippen molar-refractivity contribution in [3.8, 4) is 21.8 Å². The summed E-state index contributed by atoms with van der Waals surface area (Å²) in [6, 6.07) is 16.5. The van der Waals surface area contributed by atoms with Crippen molar-refractivity contribution in [3.05, 3.63) is 54.6 Å². The molecule has 1 aliphatic heterocycles. The number of rotatable bonds is 4. The molecule has 2 heterocycles. The highest BCUT2D eigenvalue weighted by atomic mass is 32.1. The summed E-state index contributed by atoms with van der Waals surface area (Å²) in [6.07, 6.45) is -4.98. The van der Waals surface area contributed by atoms with Crippen molar-refractivity contribution in [3.63, 3.8) is 0 Å². The molecule has 5 nitrogen and oxygen atoms in total. The molecule has 0 unspecified atom stereocenters. The van der Waals surface area contributed by atoms with Crippen molar-refractivity contribution in [2.45, 2.75) is 6.18 Å². The monoisotopic (exact) mass is 433 g/mol. The highest BCUT2D eigenvalue weighted by Crippen LogP contribution is 2.39. The van der Waals surface area contributed by atoms with Gasteiger partial charge in [0.05, 0.1) is 13.2 Å². The second-order valence-electron chi connectivity index (χ2n) is 6.66. The summed E-state index contributed by atoms with van der Waals surface area (Å²) in [4.78, 5) is 18.3. The van der Waals surface area contributed by atoms with Gasteiger partial charge in [0.1, 0.15) is 15.7 Å². The van der Waals surface area contributed by atoms with E-state index in [2.05, 4.69) is 9.88 Å². The van der Waals surface area contributed by atoms with Crippen LogP contribution in [0.2, 0.25) is 0 Å². The van der Waals surface area contributed by atoms with Gasteiger partial charge in [0.15, 0.2) is 0 Å². The summed E-state index contributed by atoms with van der Waals surface area (Å²) in [5.74, 6) is -2.02. The van der Waals surface area contributed by atoms with Crippen molar-refractivity contribution in [1.82, 2.24) is 4.98 Å². The number of anilines is 2. The van der Waals surface area contributed by atoms with Gasteiger partial charge in [0.2, 0.25) is 0 Å². The van der Waals surface area contributed by atoms with Crippen LogP contribution in [0.25, 0.3) is 21.8 Å². The number of hydrogen-bond donors (Lipinski definition) is 1. The molecule has 0 spiro atoms. The highest BCUT2D eigenvalue weighted by molar-refractivity contribution is 7.19. The van der Waals surface area contributed by atoms with Gasteiger partial charge in [-0.1, -0.05) is 53.8 Å². The Bertz CT molecular complexity index is 1030. The van der Waals surface area contributed by atoms with Crippen LogP contribution in [0.15, 0.2) is 54.6 Å². The SMILES string of the molecule is O=C(Nc1sc(-c2cccc(N3CCOCC3)c2)nc1-c1ccccc1)C(F)(F)F. The van der Waals surface area contributed by atoms with Gasteiger partial charge in [0, 0.05) is 29.9 Å². The second-order valence-corrected chi connectivity index (χ2v) is 7.66. The largest absolute Gasteiger partial charge is 0.471 e. The van der Waals surface area contributed by atoms with Crippen LogP contribution in [0, 0.1) is 0 Å². The molecule has 0 bridgehead atoms. The van der Waals surface area contributed by atoms with E-state index in [0.29, 0.717) is 29.5 Å². The van der Waals surface area contributed by atoms with E-state index >= 15 is 0 Å². The van der Waals surface area contributed by atoms with E-state index in [1.165, 1.54) is 0 Å². The van der Waals surface area contributed by atoms with E-state index < -0.39 is 12.1 Å². The number of ether oxygens (including phenoxy) is 1. The third-order valence-corrected chi connectivity index (χ3v) is 5.65.